The van der Waals surface area contributed by atoms with E-state index in [1.54, 1.807) is 31.4 Å². The number of benzene rings is 2. The van der Waals surface area contributed by atoms with E-state index in [2.05, 4.69) is 20.2 Å². The number of amides is 1. The molecule has 3 aromatic rings. The van der Waals surface area contributed by atoms with Crippen LogP contribution in [-0.2, 0) is 4.79 Å². The Bertz CT molecular complexity index is 1150. The highest BCUT2D eigenvalue weighted by Crippen LogP contribution is 2.36. The topological polar surface area (TPSA) is 103 Å². The maximum absolute atomic E-state index is 14.4. The highest BCUT2D eigenvalue weighted by molar-refractivity contribution is 6.31. The van der Waals surface area contributed by atoms with E-state index in [0.29, 0.717) is 40.7 Å². The molecule has 0 saturated carbocycles. The Kier molecular flexibility index (Phi) is 7.10. The fourth-order valence-corrected chi connectivity index (χ4v) is 4.08. The molecular weight excluding hydrogens is 449 g/mol. The van der Waals surface area contributed by atoms with Crippen LogP contribution in [0.1, 0.15) is 12.8 Å². The number of methoxy groups -OCH3 is 1. The van der Waals surface area contributed by atoms with Gasteiger partial charge in [0.2, 0.25) is 5.91 Å². The second kappa shape index (κ2) is 10.2. The molecule has 33 heavy (non-hydrogen) atoms. The SMILES string of the molecule is COc1cc2ncnc(Nc3cccc(Cl)c3F)c2cc1OCC1CCN(CC(N)=O)CC1. The average Bonchev–Trinajstić information content (AvgIpc) is 2.81. The Hall–Kier alpha value is -3.17. The summed E-state index contributed by atoms with van der Waals surface area (Å²) in [6.07, 6.45) is 3.22. The molecule has 0 bridgehead atoms. The number of nitrogens with one attached hydrogen (secondary N) is 1. The molecular formula is C23H25ClFN5O3. The third kappa shape index (κ3) is 5.43. The second-order valence-electron chi connectivity index (χ2n) is 7.97. The summed E-state index contributed by atoms with van der Waals surface area (Å²) in [5, 5.41) is 3.67. The zero-order chi connectivity index (χ0) is 23.4. The Morgan fingerprint density at radius 2 is 2.06 bits per heavy atom. The number of anilines is 2. The molecule has 3 N–H and O–H groups in total. The van der Waals surface area contributed by atoms with Crippen molar-refractivity contribution in [3.63, 3.8) is 0 Å². The van der Waals surface area contributed by atoms with E-state index in [4.69, 9.17) is 26.8 Å². The molecule has 10 heteroatoms. The molecule has 1 aromatic heterocycles. The van der Waals surface area contributed by atoms with Gasteiger partial charge < -0.3 is 20.5 Å². The number of piperidine rings is 1. The number of primary amides is 1. The smallest absolute Gasteiger partial charge is 0.231 e. The van der Waals surface area contributed by atoms with Gasteiger partial charge in [-0.3, -0.25) is 9.69 Å². The highest BCUT2D eigenvalue weighted by atomic mass is 35.5. The summed E-state index contributed by atoms with van der Waals surface area (Å²) in [5.74, 6) is 1.00. The maximum atomic E-state index is 14.4. The lowest BCUT2D eigenvalue weighted by Gasteiger charge is -2.31. The van der Waals surface area contributed by atoms with Crippen molar-refractivity contribution in [1.29, 1.82) is 0 Å². The van der Waals surface area contributed by atoms with Gasteiger partial charge in [-0.15, -0.1) is 0 Å². The lowest BCUT2D eigenvalue weighted by Crippen LogP contribution is -2.40. The third-order valence-corrected chi connectivity index (χ3v) is 5.98. The molecule has 1 aliphatic rings. The van der Waals surface area contributed by atoms with Crippen LogP contribution < -0.4 is 20.5 Å². The van der Waals surface area contributed by atoms with Gasteiger partial charge in [0.25, 0.3) is 0 Å². The summed E-state index contributed by atoms with van der Waals surface area (Å²) in [6, 6.07) is 8.28. The number of fused-ring (bicyclic) bond motifs is 1. The Balaban J connectivity index is 1.53. The molecule has 0 spiro atoms. The van der Waals surface area contributed by atoms with Gasteiger partial charge in [-0.25, -0.2) is 14.4 Å². The van der Waals surface area contributed by atoms with Crippen LogP contribution in [0.2, 0.25) is 5.02 Å². The Morgan fingerprint density at radius 3 is 2.79 bits per heavy atom. The number of aromatic nitrogens is 2. The number of likely N-dealkylation sites (tertiary alicyclic amines) is 1. The fourth-order valence-electron chi connectivity index (χ4n) is 3.90. The molecule has 4 rings (SSSR count). The van der Waals surface area contributed by atoms with E-state index in [9.17, 15) is 9.18 Å². The molecule has 1 aliphatic heterocycles. The number of hydrogen-bond donors (Lipinski definition) is 2. The summed E-state index contributed by atoms with van der Waals surface area (Å²) in [5.41, 5.74) is 6.12. The first-order valence-corrected chi connectivity index (χ1v) is 11.0. The standard InChI is InChI=1S/C23H25ClFN5O3/c1-32-19-10-18-15(23(28-13-27-18)29-17-4-2-3-16(24)22(17)25)9-20(19)33-12-14-5-7-30(8-6-14)11-21(26)31/h2-4,9-10,13-14H,5-8,11-12H2,1H3,(H2,26,31)(H,27,28,29). The number of halogens is 2. The van der Waals surface area contributed by atoms with Crippen molar-refractivity contribution >= 4 is 39.9 Å². The number of ether oxygens (including phenoxy) is 2. The quantitative estimate of drug-likeness (QED) is 0.513. The second-order valence-corrected chi connectivity index (χ2v) is 8.37. The van der Waals surface area contributed by atoms with Crippen LogP contribution in [0.5, 0.6) is 11.5 Å². The maximum Gasteiger partial charge on any atom is 0.231 e. The van der Waals surface area contributed by atoms with Crippen LogP contribution in [0.3, 0.4) is 0 Å². The van der Waals surface area contributed by atoms with E-state index in [0.717, 1.165) is 25.9 Å². The van der Waals surface area contributed by atoms with E-state index in [-0.39, 0.29) is 23.2 Å². The molecule has 1 amide bonds. The predicted octanol–water partition coefficient (Wildman–Crippen LogP) is 3.75. The molecule has 0 unspecified atom stereocenters. The number of hydrogen-bond acceptors (Lipinski definition) is 7. The molecule has 1 saturated heterocycles. The first kappa shape index (κ1) is 23.0. The van der Waals surface area contributed by atoms with Crippen molar-refractivity contribution in [2.75, 3.05) is 38.7 Å². The van der Waals surface area contributed by atoms with Gasteiger partial charge in [-0.05, 0) is 50.0 Å². The lowest BCUT2D eigenvalue weighted by atomic mass is 9.98. The molecule has 2 aromatic carbocycles. The number of carbonyl (C=O) groups excluding carboxylic acids is 1. The van der Waals surface area contributed by atoms with E-state index in [1.165, 1.54) is 12.4 Å². The normalized spacial score (nSPS) is 14.9. The van der Waals surface area contributed by atoms with Gasteiger partial charge in [0.15, 0.2) is 17.3 Å². The van der Waals surface area contributed by atoms with Crippen LogP contribution in [-0.4, -0.2) is 54.1 Å². The monoisotopic (exact) mass is 473 g/mol. The lowest BCUT2D eigenvalue weighted by molar-refractivity contribution is -0.119. The van der Waals surface area contributed by atoms with Gasteiger partial charge in [0.05, 0.1) is 36.5 Å². The van der Waals surface area contributed by atoms with Crippen LogP contribution >= 0.6 is 11.6 Å². The van der Waals surface area contributed by atoms with E-state index < -0.39 is 5.82 Å². The molecule has 0 atom stereocenters. The first-order valence-electron chi connectivity index (χ1n) is 10.6. The summed E-state index contributed by atoms with van der Waals surface area (Å²) in [7, 11) is 1.57. The highest BCUT2D eigenvalue weighted by Gasteiger charge is 2.22. The Morgan fingerprint density at radius 1 is 1.27 bits per heavy atom. The molecule has 1 fully saturated rings. The predicted molar refractivity (Wildman–Crippen MR) is 125 cm³/mol. The zero-order valence-electron chi connectivity index (χ0n) is 18.2. The van der Waals surface area contributed by atoms with Crippen molar-refractivity contribution in [1.82, 2.24) is 14.9 Å². The number of nitrogens with two attached hydrogens (primary N) is 1. The molecule has 2 heterocycles. The summed E-state index contributed by atoms with van der Waals surface area (Å²) >= 11 is 5.90. The van der Waals surface area contributed by atoms with Gasteiger partial charge in [0.1, 0.15) is 12.1 Å². The summed E-state index contributed by atoms with van der Waals surface area (Å²) in [4.78, 5) is 21.8. The summed E-state index contributed by atoms with van der Waals surface area (Å²) < 4.78 is 26.0. The van der Waals surface area contributed by atoms with Crippen molar-refractivity contribution in [3.8, 4) is 11.5 Å². The van der Waals surface area contributed by atoms with Crippen molar-refractivity contribution in [2.24, 2.45) is 11.7 Å². The van der Waals surface area contributed by atoms with E-state index in [1.807, 2.05) is 0 Å². The number of carbonyl (C=O) groups is 1. The molecule has 174 valence electrons. The zero-order valence-corrected chi connectivity index (χ0v) is 18.9. The fraction of sp³-hybridized carbons (Fsp3) is 0.348. The van der Waals surface area contributed by atoms with E-state index >= 15 is 0 Å². The summed E-state index contributed by atoms with van der Waals surface area (Å²) in [6.45, 7) is 2.40. The minimum absolute atomic E-state index is 0.0194. The van der Waals surface area contributed by atoms with Crippen LogP contribution in [0.4, 0.5) is 15.9 Å². The van der Waals surface area contributed by atoms with Crippen molar-refractivity contribution < 1.29 is 18.7 Å². The number of rotatable bonds is 8. The largest absolute Gasteiger partial charge is 0.493 e. The average molecular weight is 474 g/mol. The molecule has 0 aliphatic carbocycles. The van der Waals surface area contributed by atoms with Crippen LogP contribution in [0.15, 0.2) is 36.7 Å². The Labute approximate surface area is 195 Å². The van der Waals surface area contributed by atoms with Crippen LogP contribution in [0, 0.1) is 11.7 Å². The van der Waals surface area contributed by atoms with Crippen LogP contribution in [0.25, 0.3) is 10.9 Å². The van der Waals surface area contributed by atoms with Gasteiger partial charge in [0, 0.05) is 11.5 Å². The van der Waals surface area contributed by atoms with Gasteiger partial charge in [-0.1, -0.05) is 17.7 Å². The minimum atomic E-state index is -0.557. The molecule has 0 radical (unpaired) electrons. The third-order valence-electron chi connectivity index (χ3n) is 5.69. The van der Waals surface area contributed by atoms with Crippen molar-refractivity contribution in [3.05, 3.63) is 47.5 Å². The minimum Gasteiger partial charge on any atom is -0.493 e. The number of nitrogens with zero attached hydrogens (tertiary/aromatic N) is 3. The molecule has 8 nitrogen and oxygen atoms in total. The van der Waals surface area contributed by atoms with Crippen molar-refractivity contribution in [2.45, 2.75) is 12.8 Å². The van der Waals surface area contributed by atoms with Gasteiger partial charge >= 0.3 is 0 Å². The first-order chi connectivity index (χ1) is 15.9. The van der Waals surface area contributed by atoms with Gasteiger partial charge in [-0.2, -0.15) is 0 Å².